The number of rotatable bonds is 6. The Kier molecular flexibility index (Phi) is 5.21. The standard InChI is InChI=1S/C11H16FNO4S/c1-13-7-6-10(14)11(15)8-2-4-9(5-3-8)18(12,16)17/h2-5,10-11,13-15H,6-7H2,1H3. The summed E-state index contributed by atoms with van der Waals surface area (Å²) in [5.41, 5.74) is 0.339. The van der Waals surface area contributed by atoms with Crippen LogP contribution in [0.3, 0.4) is 0 Å². The normalized spacial score (nSPS) is 15.3. The second-order valence-corrected chi connectivity index (χ2v) is 5.26. The van der Waals surface area contributed by atoms with Crippen LogP contribution in [0, 0.1) is 0 Å². The van der Waals surface area contributed by atoms with E-state index in [1.54, 1.807) is 7.05 Å². The first-order valence-corrected chi connectivity index (χ1v) is 6.80. The number of aliphatic hydroxyl groups is 2. The van der Waals surface area contributed by atoms with E-state index in [1.807, 2.05) is 0 Å². The van der Waals surface area contributed by atoms with Gasteiger partial charge in [0.15, 0.2) is 0 Å². The molecule has 5 nitrogen and oxygen atoms in total. The quantitative estimate of drug-likeness (QED) is 0.653. The number of nitrogens with one attached hydrogen (secondary N) is 1. The van der Waals surface area contributed by atoms with Gasteiger partial charge in [0.2, 0.25) is 0 Å². The van der Waals surface area contributed by atoms with Crippen LogP contribution in [0.1, 0.15) is 18.1 Å². The highest BCUT2D eigenvalue weighted by atomic mass is 32.3. The summed E-state index contributed by atoms with van der Waals surface area (Å²) in [6.07, 6.45) is -1.75. The minimum absolute atomic E-state index is 0.339. The van der Waals surface area contributed by atoms with E-state index in [9.17, 15) is 22.5 Å². The van der Waals surface area contributed by atoms with Crippen molar-refractivity contribution in [1.82, 2.24) is 5.32 Å². The van der Waals surface area contributed by atoms with Crippen LogP contribution in [0.2, 0.25) is 0 Å². The zero-order valence-electron chi connectivity index (χ0n) is 9.88. The third-order valence-electron chi connectivity index (χ3n) is 2.56. The maximum atomic E-state index is 12.6. The Labute approximate surface area is 105 Å². The van der Waals surface area contributed by atoms with Gasteiger partial charge in [-0.2, -0.15) is 8.42 Å². The molecular weight excluding hydrogens is 261 g/mol. The maximum absolute atomic E-state index is 12.6. The van der Waals surface area contributed by atoms with Crippen molar-refractivity contribution in [3.63, 3.8) is 0 Å². The second-order valence-electron chi connectivity index (χ2n) is 3.91. The smallest absolute Gasteiger partial charge is 0.332 e. The number of hydrogen-bond donors (Lipinski definition) is 3. The van der Waals surface area contributed by atoms with Crippen molar-refractivity contribution in [3.05, 3.63) is 29.8 Å². The summed E-state index contributed by atoms with van der Waals surface area (Å²) >= 11 is 0. The van der Waals surface area contributed by atoms with Gasteiger partial charge in [0.25, 0.3) is 0 Å². The molecule has 1 rings (SSSR count). The van der Waals surface area contributed by atoms with Crippen LogP contribution in [-0.4, -0.2) is 38.3 Å². The molecule has 1 aromatic rings. The lowest BCUT2D eigenvalue weighted by atomic mass is 10.0. The second kappa shape index (κ2) is 6.24. The summed E-state index contributed by atoms with van der Waals surface area (Å²) in [4.78, 5) is -0.469. The fourth-order valence-electron chi connectivity index (χ4n) is 1.50. The van der Waals surface area contributed by atoms with E-state index in [-0.39, 0.29) is 0 Å². The fraction of sp³-hybridized carbons (Fsp3) is 0.455. The minimum atomic E-state index is -4.73. The number of benzene rings is 1. The average molecular weight is 277 g/mol. The molecule has 0 amide bonds. The van der Waals surface area contributed by atoms with E-state index in [1.165, 1.54) is 12.1 Å². The molecule has 0 saturated heterocycles. The molecule has 2 unspecified atom stereocenters. The van der Waals surface area contributed by atoms with Crippen LogP contribution < -0.4 is 5.32 Å². The van der Waals surface area contributed by atoms with E-state index in [0.29, 0.717) is 18.5 Å². The Morgan fingerprint density at radius 3 is 2.28 bits per heavy atom. The molecule has 7 heteroatoms. The van der Waals surface area contributed by atoms with Gasteiger partial charge in [-0.05, 0) is 37.7 Å². The van der Waals surface area contributed by atoms with Gasteiger partial charge in [0.1, 0.15) is 6.10 Å². The summed E-state index contributed by atoms with van der Waals surface area (Å²) in [7, 11) is -3.01. The van der Waals surface area contributed by atoms with Gasteiger partial charge in [-0.15, -0.1) is 3.89 Å². The summed E-state index contributed by atoms with van der Waals surface area (Å²) in [5, 5.41) is 22.3. The van der Waals surface area contributed by atoms with Crippen molar-refractivity contribution < 1.29 is 22.5 Å². The summed E-state index contributed by atoms with van der Waals surface area (Å²) < 4.78 is 33.8. The first-order chi connectivity index (χ1) is 8.36. The average Bonchev–Trinajstić information content (AvgIpc) is 2.34. The largest absolute Gasteiger partial charge is 0.390 e. The van der Waals surface area contributed by atoms with Gasteiger partial charge in [0, 0.05) is 0 Å². The molecule has 0 fully saturated rings. The molecule has 0 aliphatic rings. The van der Waals surface area contributed by atoms with E-state index in [0.717, 1.165) is 12.1 Å². The highest BCUT2D eigenvalue weighted by Gasteiger charge is 2.19. The first-order valence-electron chi connectivity index (χ1n) is 5.41. The van der Waals surface area contributed by atoms with Gasteiger partial charge in [-0.1, -0.05) is 12.1 Å². The van der Waals surface area contributed by atoms with Crippen molar-refractivity contribution in [2.24, 2.45) is 0 Å². The number of hydrogen-bond acceptors (Lipinski definition) is 5. The van der Waals surface area contributed by atoms with Crippen LogP contribution in [-0.2, 0) is 10.2 Å². The van der Waals surface area contributed by atoms with Crippen molar-refractivity contribution >= 4 is 10.2 Å². The Balaban J connectivity index is 2.79. The van der Waals surface area contributed by atoms with E-state index < -0.39 is 27.3 Å². The Morgan fingerprint density at radius 1 is 1.28 bits per heavy atom. The van der Waals surface area contributed by atoms with Crippen LogP contribution >= 0.6 is 0 Å². The molecule has 0 aliphatic carbocycles. The van der Waals surface area contributed by atoms with Crippen LogP contribution in [0.5, 0.6) is 0 Å². The van der Waals surface area contributed by atoms with Crippen molar-refractivity contribution in [3.8, 4) is 0 Å². The van der Waals surface area contributed by atoms with Crippen molar-refractivity contribution in [1.29, 1.82) is 0 Å². The van der Waals surface area contributed by atoms with E-state index in [2.05, 4.69) is 5.32 Å². The van der Waals surface area contributed by atoms with Gasteiger partial charge in [-0.25, -0.2) is 0 Å². The first kappa shape index (κ1) is 15.0. The van der Waals surface area contributed by atoms with Crippen molar-refractivity contribution in [2.45, 2.75) is 23.5 Å². The zero-order chi connectivity index (χ0) is 13.8. The SMILES string of the molecule is CNCCC(O)C(O)c1ccc(S(=O)(=O)F)cc1. The van der Waals surface area contributed by atoms with E-state index >= 15 is 0 Å². The summed E-state index contributed by atoms with van der Waals surface area (Å²) in [6.45, 7) is 0.537. The molecule has 0 bridgehead atoms. The molecule has 0 spiro atoms. The molecule has 18 heavy (non-hydrogen) atoms. The van der Waals surface area contributed by atoms with Crippen LogP contribution in [0.4, 0.5) is 3.89 Å². The third kappa shape index (κ3) is 4.02. The van der Waals surface area contributed by atoms with E-state index in [4.69, 9.17) is 0 Å². The Morgan fingerprint density at radius 2 is 1.83 bits per heavy atom. The molecule has 0 radical (unpaired) electrons. The number of halogens is 1. The lowest BCUT2D eigenvalue weighted by Crippen LogP contribution is -2.23. The molecule has 0 heterocycles. The zero-order valence-corrected chi connectivity index (χ0v) is 10.7. The highest BCUT2D eigenvalue weighted by molar-refractivity contribution is 7.86. The third-order valence-corrected chi connectivity index (χ3v) is 3.39. The van der Waals surface area contributed by atoms with Crippen LogP contribution in [0.15, 0.2) is 29.2 Å². The molecule has 0 aromatic heterocycles. The predicted molar refractivity (Wildman–Crippen MR) is 64.2 cm³/mol. The molecule has 0 saturated carbocycles. The van der Waals surface area contributed by atoms with Gasteiger partial charge in [0.05, 0.1) is 11.0 Å². The summed E-state index contributed by atoms with van der Waals surface area (Å²) in [6, 6.07) is 4.66. The molecule has 3 N–H and O–H groups in total. The molecule has 1 aromatic carbocycles. The lowest BCUT2D eigenvalue weighted by Gasteiger charge is -2.18. The monoisotopic (exact) mass is 277 g/mol. The fourth-order valence-corrected chi connectivity index (χ4v) is 1.96. The van der Waals surface area contributed by atoms with Gasteiger partial charge in [-0.3, -0.25) is 0 Å². The molecule has 102 valence electrons. The number of aliphatic hydroxyl groups excluding tert-OH is 2. The molecule has 2 atom stereocenters. The maximum Gasteiger partial charge on any atom is 0.332 e. The van der Waals surface area contributed by atoms with Crippen LogP contribution in [0.25, 0.3) is 0 Å². The topological polar surface area (TPSA) is 86.6 Å². The predicted octanol–water partition coefficient (Wildman–Crippen LogP) is 0.349. The molecule has 0 aliphatic heterocycles. The summed E-state index contributed by atoms with van der Waals surface area (Å²) in [5.74, 6) is 0. The highest BCUT2D eigenvalue weighted by Crippen LogP contribution is 2.21. The lowest BCUT2D eigenvalue weighted by molar-refractivity contribution is 0.0140. The van der Waals surface area contributed by atoms with Crippen molar-refractivity contribution in [2.75, 3.05) is 13.6 Å². The Bertz CT molecular complexity index is 474. The van der Waals surface area contributed by atoms with Gasteiger partial charge < -0.3 is 15.5 Å². The minimum Gasteiger partial charge on any atom is -0.390 e. The molecular formula is C11H16FNO4S. The van der Waals surface area contributed by atoms with Gasteiger partial charge >= 0.3 is 10.2 Å². The Hall–Kier alpha value is -1.02.